The largest absolute Gasteiger partial charge is 0.444 e. The summed E-state index contributed by atoms with van der Waals surface area (Å²) in [4.78, 5) is 42.5. The van der Waals surface area contributed by atoms with Gasteiger partial charge in [0.15, 0.2) is 0 Å². The Morgan fingerprint density at radius 3 is 1.78 bits per heavy atom. The summed E-state index contributed by atoms with van der Waals surface area (Å²) >= 11 is 0. The van der Waals surface area contributed by atoms with E-state index < -0.39 is 54.1 Å². The molecule has 0 bridgehead atoms. The summed E-state index contributed by atoms with van der Waals surface area (Å²) in [5, 5.41) is 5.80. The van der Waals surface area contributed by atoms with E-state index in [2.05, 4.69) is 15.3 Å². The molecule has 13 heteroatoms. The lowest BCUT2D eigenvalue weighted by atomic mass is 9.99. The number of hydrogen-bond donors (Lipinski definition) is 1. The van der Waals surface area contributed by atoms with Crippen molar-refractivity contribution in [2.45, 2.75) is 83.9 Å². The first-order valence-electron chi connectivity index (χ1n) is 14.8. The van der Waals surface area contributed by atoms with Gasteiger partial charge in [-0.3, -0.25) is 9.59 Å². The van der Waals surface area contributed by atoms with Gasteiger partial charge in [-0.25, -0.2) is 18.0 Å². The van der Waals surface area contributed by atoms with E-state index in [0.29, 0.717) is 0 Å². The fourth-order valence-electron chi connectivity index (χ4n) is 5.50. The number of carbonyl (C=O) groups is 3. The van der Waals surface area contributed by atoms with Crippen molar-refractivity contribution in [1.29, 1.82) is 0 Å². The zero-order valence-electron chi connectivity index (χ0n) is 26.3. The minimum absolute atomic E-state index is 0.101. The van der Waals surface area contributed by atoms with Crippen molar-refractivity contribution in [3.8, 4) is 0 Å². The van der Waals surface area contributed by atoms with Crippen LogP contribution >= 0.6 is 0 Å². The van der Waals surface area contributed by atoms with Crippen molar-refractivity contribution in [2.75, 3.05) is 13.1 Å². The molecule has 2 saturated heterocycles. The van der Waals surface area contributed by atoms with Crippen LogP contribution in [-0.2, 0) is 14.3 Å². The number of alkyl halides is 3. The van der Waals surface area contributed by atoms with Gasteiger partial charge in [0.2, 0.25) is 18.2 Å². The first kappa shape index (κ1) is 35.2. The highest BCUT2D eigenvalue weighted by atomic mass is 19.3. The molecule has 5 unspecified atom stereocenters. The van der Waals surface area contributed by atoms with Crippen LogP contribution in [0.3, 0.4) is 0 Å². The Hall–Kier alpha value is -4.25. The summed E-state index contributed by atoms with van der Waals surface area (Å²) in [5.41, 5.74) is 9.58. The number of alkyl carbamates (subject to hydrolysis) is 1. The summed E-state index contributed by atoms with van der Waals surface area (Å²) in [6.45, 7) is 10.5. The van der Waals surface area contributed by atoms with Gasteiger partial charge in [0.25, 0.3) is 0 Å². The van der Waals surface area contributed by atoms with Gasteiger partial charge in [0.05, 0.1) is 18.0 Å². The second-order valence-electron chi connectivity index (χ2n) is 12.3. The molecule has 0 saturated carbocycles. The number of halogens is 3. The number of nitrogens with one attached hydrogen (secondary N) is 1. The average Bonchev–Trinajstić information content (AvgIpc) is 3.49. The number of amides is 3. The molecule has 1 N–H and O–H groups in total. The zero-order chi connectivity index (χ0) is 33.5. The lowest BCUT2D eigenvalue weighted by molar-refractivity contribution is -0.131. The third-order valence-corrected chi connectivity index (χ3v) is 7.99. The third kappa shape index (κ3) is 8.91. The maximum atomic E-state index is 14.1. The van der Waals surface area contributed by atoms with Crippen molar-refractivity contribution in [1.82, 2.24) is 15.1 Å². The molecular weight excluding hydrogens is 589 g/mol. The molecule has 2 aliphatic heterocycles. The quantitative estimate of drug-likeness (QED) is 0.200. The Morgan fingerprint density at radius 1 is 0.889 bits per heavy atom. The van der Waals surface area contributed by atoms with E-state index in [1.807, 2.05) is 67.6 Å². The smallest absolute Gasteiger partial charge is 0.408 e. The van der Waals surface area contributed by atoms with Crippen LogP contribution in [0.1, 0.15) is 64.8 Å². The topological polar surface area (TPSA) is 128 Å². The van der Waals surface area contributed by atoms with E-state index in [9.17, 15) is 27.6 Å². The minimum atomic E-state index is -2.69. The van der Waals surface area contributed by atoms with Gasteiger partial charge in [0, 0.05) is 23.9 Å². The van der Waals surface area contributed by atoms with Gasteiger partial charge >= 0.3 is 6.09 Å². The predicted octanol–water partition coefficient (Wildman–Crippen LogP) is 6.61. The number of likely N-dealkylation sites (tertiary alicyclic amines) is 2. The maximum Gasteiger partial charge on any atom is 0.408 e. The van der Waals surface area contributed by atoms with Crippen LogP contribution in [0.2, 0.25) is 0 Å². The number of hydrogen-bond acceptors (Lipinski definition) is 5. The second-order valence-corrected chi connectivity index (χ2v) is 12.3. The van der Waals surface area contributed by atoms with Gasteiger partial charge < -0.3 is 19.9 Å². The van der Waals surface area contributed by atoms with Gasteiger partial charge in [0.1, 0.15) is 23.9 Å². The molecule has 2 aromatic rings. The molecule has 3 amide bonds. The minimum Gasteiger partial charge on any atom is -0.444 e. The van der Waals surface area contributed by atoms with Crippen LogP contribution in [0.15, 0.2) is 65.8 Å². The molecule has 0 radical (unpaired) electrons. The first-order chi connectivity index (χ1) is 21.2. The van der Waals surface area contributed by atoms with Crippen molar-refractivity contribution in [3.05, 3.63) is 82.2 Å². The fraction of sp³-hybridized carbons (Fsp3) is 0.531. The molecule has 2 fully saturated rings. The van der Waals surface area contributed by atoms with Crippen LogP contribution in [0.25, 0.3) is 10.4 Å². The van der Waals surface area contributed by atoms with E-state index in [4.69, 9.17) is 10.3 Å². The molecule has 45 heavy (non-hydrogen) atoms. The molecule has 0 aliphatic carbocycles. The van der Waals surface area contributed by atoms with E-state index in [1.54, 1.807) is 32.6 Å². The molecule has 4 rings (SSSR count). The highest BCUT2D eigenvalue weighted by Gasteiger charge is 2.47. The monoisotopic (exact) mass is 630 g/mol. The second kappa shape index (κ2) is 15.2. The standard InChI is InChI=1S/C19H27FN2O3.C13H14F2N4O/c1-12(20)15-11-22(13(2)14-9-7-6-8-10-14)17(23)16(15)21-18(24)25-19(3,4)5;1-8(9-5-3-2-4-6-9)19-7-10(12(14)15)11(13(19)20)17-18-16/h6-10,12-13,15-16H,11H2,1-5H3,(H,21,24);2-6,8,10-12H,7H2,1H3/t12?,13-,15?,16?;8-,10?,11?/m11/s1. The average molecular weight is 631 g/mol. The lowest BCUT2D eigenvalue weighted by Gasteiger charge is -2.25. The molecule has 7 atom stereocenters. The molecule has 244 valence electrons. The third-order valence-electron chi connectivity index (χ3n) is 7.99. The zero-order valence-corrected chi connectivity index (χ0v) is 26.3. The van der Waals surface area contributed by atoms with Crippen LogP contribution < -0.4 is 5.32 Å². The fourth-order valence-corrected chi connectivity index (χ4v) is 5.50. The summed E-state index contributed by atoms with van der Waals surface area (Å²) in [7, 11) is 0. The Labute approximate surface area is 261 Å². The maximum absolute atomic E-state index is 14.1. The highest BCUT2D eigenvalue weighted by molar-refractivity contribution is 5.88. The van der Waals surface area contributed by atoms with Crippen LogP contribution in [0.5, 0.6) is 0 Å². The number of benzene rings is 2. The Bertz CT molecular complexity index is 1350. The molecular formula is C32H41F3N6O4. The summed E-state index contributed by atoms with van der Waals surface area (Å²) < 4.78 is 45.2. The molecule has 2 heterocycles. The predicted molar refractivity (Wildman–Crippen MR) is 163 cm³/mol. The molecule has 10 nitrogen and oxygen atoms in total. The number of carbonyl (C=O) groups excluding carboxylic acids is 3. The van der Waals surface area contributed by atoms with Gasteiger partial charge in [-0.05, 0) is 58.2 Å². The van der Waals surface area contributed by atoms with E-state index in [0.717, 1.165) is 11.1 Å². The van der Waals surface area contributed by atoms with Crippen LogP contribution in [0, 0.1) is 11.8 Å². The number of rotatable bonds is 8. The van der Waals surface area contributed by atoms with Crippen molar-refractivity contribution < 1.29 is 32.3 Å². The first-order valence-corrected chi connectivity index (χ1v) is 14.8. The van der Waals surface area contributed by atoms with Crippen molar-refractivity contribution in [2.24, 2.45) is 17.0 Å². The number of nitrogens with zero attached hydrogens (tertiary/aromatic N) is 5. The molecule has 2 aliphatic rings. The van der Waals surface area contributed by atoms with Gasteiger partial charge in [-0.2, -0.15) is 0 Å². The van der Waals surface area contributed by atoms with Crippen LogP contribution in [-0.4, -0.2) is 71.1 Å². The highest BCUT2D eigenvalue weighted by Crippen LogP contribution is 2.34. The van der Waals surface area contributed by atoms with E-state index in [1.165, 1.54) is 11.8 Å². The number of azide groups is 1. The molecule has 0 aromatic heterocycles. The molecule has 0 spiro atoms. The molecule has 2 aromatic carbocycles. The number of ether oxygens (including phenoxy) is 1. The Balaban J connectivity index is 0.000000251. The van der Waals surface area contributed by atoms with Gasteiger partial charge in [-0.1, -0.05) is 65.8 Å². The van der Waals surface area contributed by atoms with E-state index in [-0.39, 0.29) is 31.1 Å². The Morgan fingerprint density at radius 2 is 1.36 bits per heavy atom. The normalized spacial score (nSPS) is 23.5. The van der Waals surface area contributed by atoms with E-state index >= 15 is 0 Å². The summed E-state index contributed by atoms with van der Waals surface area (Å²) in [6.07, 6.45) is -4.62. The van der Waals surface area contributed by atoms with Crippen molar-refractivity contribution in [3.63, 3.8) is 0 Å². The summed E-state index contributed by atoms with van der Waals surface area (Å²) in [5.74, 6) is -2.67. The summed E-state index contributed by atoms with van der Waals surface area (Å²) in [6, 6.07) is 16.0. The van der Waals surface area contributed by atoms with Gasteiger partial charge in [-0.15, -0.1) is 0 Å². The van der Waals surface area contributed by atoms with Crippen LogP contribution in [0.4, 0.5) is 18.0 Å². The SMILES string of the molecule is CC(F)C1CN([C@H](C)c2ccccc2)C(=O)C1NC(=O)OC(C)(C)C.C[C@H](c1ccccc1)N1CC(C(F)F)C(N=[N+]=[N-])C1=O. The van der Waals surface area contributed by atoms with Crippen molar-refractivity contribution >= 4 is 17.9 Å². The lowest BCUT2D eigenvalue weighted by Crippen LogP contribution is -2.47. The Kier molecular flexibility index (Phi) is 11.9.